The van der Waals surface area contributed by atoms with Crippen LogP contribution in [-0.4, -0.2) is 47.4 Å². The summed E-state index contributed by atoms with van der Waals surface area (Å²) in [7, 11) is 0. The molecular formula is C60H113NO5. The van der Waals surface area contributed by atoms with Gasteiger partial charge in [0.15, 0.2) is 0 Å². The topological polar surface area (TPSA) is 95.9 Å². The number of carbonyl (C=O) groups excluding carboxylic acids is 2. The molecule has 0 aliphatic rings. The van der Waals surface area contributed by atoms with Gasteiger partial charge in [-0.15, -0.1) is 0 Å². The van der Waals surface area contributed by atoms with Crippen molar-refractivity contribution in [3.8, 4) is 0 Å². The molecule has 6 nitrogen and oxygen atoms in total. The number of hydrogen-bond donors (Lipinski definition) is 3. The maximum Gasteiger partial charge on any atom is 0.305 e. The lowest BCUT2D eigenvalue weighted by molar-refractivity contribution is -0.143. The lowest BCUT2D eigenvalue weighted by atomic mass is 10.0. The van der Waals surface area contributed by atoms with Crippen LogP contribution < -0.4 is 5.32 Å². The molecule has 1 amide bonds. The van der Waals surface area contributed by atoms with Gasteiger partial charge in [0.1, 0.15) is 0 Å². The smallest absolute Gasteiger partial charge is 0.305 e. The third-order valence-electron chi connectivity index (χ3n) is 13.4. The normalized spacial score (nSPS) is 12.8. The van der Waals surface area contributed by atoms with Gasteiger partial charge >= 0.3 is 5.97 Å². The van der Waals surface area contributed by atoms with E-state index in [2.05, 4.69) is 43.5 Å². The second kappa shape index (κ2) is 55.7. The van der Waals surface area contributed by atoms with E-state index in [1.54, 1.807) is 6.08 Å². The molecular weight excluding hydrogens is 815 g/mol. The monoisotopic (exact) mass is 928 g/mol. The maximum absolute atomic E-state index is 12.5. The molecule has 2 unspecified atom stereocenters. The highest BCUT2D eigenvalue weighted by atomic mass is 16.5. The van der Waals surface area contributed by atoms with Crippen molar-refractivity contribution in [3.05, 3.63) is 36.5 Å². The van der Waals surface area contributed by atoms with E-state index in [9.17, 15) is 19.8 Å². The molecule has 0 radical (unpaired) electrons. The molecule has 3 N–H and O–H groups in total. The maximum atomic E-state index is 12.5. The van der Waals surface area contributed by atoms with Crippen LogP contribution in [0.5, 0.6) is 0 Å². The molecule has 0 fully saturated rings. The number of amides is 1. The number of hydrogen-bond acceptors (Lipinski definition) is 5. The summed E-state index contributed by atoms with van der Waals surface area (Å²) >= 11 is 0. The molecule has 0 aliphatic carbocycles. The molecule has 0 heterocycles. The highest BCUT2D eigenvalue weighted by molar-refractivity contribution is 5.76. The van der Waals surface area contributed by atoms with E-state index in [4.69, 9.17) is 4.74 Å². The Morgan fingerprint density at radius 3 is 1.17 bits per heavy atom. The number of rotatable bonds is 54. The predicted molar refractivity (Wildman–Crippen MR) is 287 cm³/mol. The molecule has 0 aromatic carbocycles. The lowest BCUT2D eigenvalue weighted by Crippen LogP contribution is -2.45. The fraction of sp³-hybridized carbons (Fsp3) is 0.867. The molecule has 2 atom stereocenters. The number of unbranched alkanes of at least 4 members (excludes halogenated alkanes) is 39. The van der Waals surface area contributed by atoms with Gasteiger partial charge in [-0.2, -0.15) is 0 Å². The molecule has 0 aliphatic heterocycles. The van der Waals surface area contributed by atoms with Crippen LogP contribution in [0.25, 0.3) is 0 Å². The SMILES string of the molecule is CCCCCC/C=C\C/C=C\CCCCCCCCCC(=O)OCCCCCCCCCCCCCCCC(=O)NC(CO)C(O)/C=C/CCCCCCCCCCCCCCCCCC. The number of aliphatic hydroxyl groups is 2. The van der Waals surface area contributed by atoms with E-state index in [1.165, 1.54) is 218 Å². The number of ether oxygens (including phenoxy) is 1. The van der Waals surface area contributed by atoms with E-state index < -0.39 is 12.1 Å². The van der Waals surface area contributed by atoms with Gasteiger partial charge in [0.2, 0.25) is 5.91 Å². The van der Waals surface area contributed by atoms with Crippen LogP contribution in [-0.2, 0) is 14.3 Å². The lowest BCUT2D eigenvalue weighted by Gasteiger charge is -2.20. The van der Waals surface area contributed by atoms with E-state index in [0.717, 1.165) is 64.2 Å². The van der Waals surface area contributed by atoms with Gasteiger partial charge in [0.05, 0.1) is 25.4 Å². The Balaban J connectivity index is 3.48. The minimum atomic E-state index is -0.854. The molecule has 0 saturated carbocycles. The third-order valence-corrected chi connectivity index (χ3v) is 13.4. The van der Waals surface area contributed by atoms with Crippen molar-refractivity contribution in [2.75, 3.05) is 13.2 Å². The molecule has 0 rings (SSSR count). The number of nitrogens with one attached hydrogen (secondary N) is 1. The summed E-state index contributed by atoms with van der Waals surface area (Å²) in [5, 5.41) is 23.1. The zero-order valence-electron chi connectivity index (χ0n) is 44.2. The molecule has 66 heavy (non-hydrogen) atoms. The van der Waals surface area contributed by atoms with Crippen LogP contribution in [0.3, 0.4) is 0 Å². The van der Waals surface area contributed by atoms with E-state index in [1.807, 2.05) is 6.08 Å². The first-order chi connectivity index (χ1) is 32.5. The number of esters is 1. The molecule has 0 aromatic rings. The Labute approximate surface area is 411 Å². The van der Waals surface area contributed by atoms with E-state index in [-0.39, 0.29) is 18.5 Å². The average Bonchev–Trinajstić information content (AvgIpc) is 3.32. The highest BCUT2D eigenvalue weighted by Gasteiger charge is 2.18. The quantitative estimate of drug-likeness (QED) is 0.0321. The van der Waals surface area contributed by atoms with Crippen LogP contribution in [0, 0.1) is 0 Å². The Kier molecular flexibility index (Phi) is 54.1. The Bertz CT molecular complexity index is 1070. The van der Waals surface area contributed by atoms with Crippen LogP contribution in [0.15, 0.2) is 36.5 Å². The summed E-state index contributed by atoms with van der Waals surface area (Å²) < 4.78 is 5.48. The zero-order valence-corrected chi connectivity index (χ0v) is 44.2. The van der Waals surface area contributed by atoms with Crippen molar-refractivity contribution < 1.29 is 24.5 Å². The van der Waals surface area contributed by atoms with E-state index in [0.29, 0.717) is 19.4 Å². The summed E-state index contributed by atoms with van der Waals surface area (Å²) in [5.41, 5.74) is 0. The Morgan fingerprint density at radius 2 is 0.758 bits per heavy atom. The Morgan fingerprint density at radius 1 is 0.424 bits per heavy atom. The zero-order chi connectivity index (χ0) is 47.9. The van der Waals surface area contributed by atoms with Gasteiger partial charge in [-0.1, -0.05) is 269 Å². The summed E-state index contributed by atoms with van der Waals surface area (Å²) in [4.78, 5) is 24.6. The van der Waals surface area contributed by atoms with Gasteiger partial charge in [0, 0.05) is 12.8 Å². The van der Waals surface area contributed by atoms with Gasteiger partial charge in [-0.25, -0.2) is 0 Å². The van der Waals surface area contributed by atoms with Crippen molar-refractivity contribution in [1.82, 2.24) is 5.32 Å². The first-order valence-electron chi connectivity index (χ1n) is 29.3. The van der Waals surface area contributed by atoms with Crippen molar-refractivity contribution in [3.63, 3.8) is 0 Å². The fourth-order valence-corrected chi connectivity index (χ4v) is 8.90. The van der Waals surface area contributed by atoms with Gasteiger partial charge in [-0.3, -0.25) is 9.59 Å². The Hall–Kier alpha value is -1.92. The van der Waals surface area contributed by atoms with Gasteiger partial charge in [0.25, 0.3) is 0 Å². The van der Waals surface area contributed by atoms with Crippen molar-refractivity contribution in [1.29, 1.82) is 0 Å². The summed E-state index contributed by atoms with van der Waals surface area (Å²) in [6, 6.07) is -0.639. The molecule has 6 heteroatoms. The summed E-state index contributed by atoms with van der Waals surface area (Å²) in [5.74, 6) is -0.0937. The van der Waals surface area contributed by atoms with Crippen LogP contribution in [0.2, 0.25) is 0 Å². The second-order valence-corrected chi connectivity index (χ2v) is 20.0. The number of aliphatic hydroxyl groups excluding tert-OH is 2. The summed E-state index contributed by atoms with van der Waals surface area (Å²) in [6.07, 6.45) is 68.7. The molecule has 388 valence electrons. The summed E-state index contributed by atoms with van der Waals surface area (Å²) in [6.45, 7) is 4.87. The molecule has 0 saturated heterocycles. The highest BCUT2D eigenvalue weighted by Crippen LogP contribution is 2.17. The van der Waals surface area contributed by atoms with Crippen molar-refractivity contribution >= 4 is 11.9 Å². The first-order valence-corrected chi connectivity index (χ1v) is 29.3. The van der Waals surface area contributed by atoms with Crippen LogP contribution in [0.4, 0.5) is 0 Å². The molecule has 0 aromatic heterocycles. The van der Waals surface area contributed by atoms with Crippen molar-refractivity contribution in [2.24, 2.45) is 0 Å². The minimum Gasteiger partial charge on any atom is -0.466 e. The van der Waals surface area contributed by atoms with Crippen LogP contribution in [0.1, 0.15) is 309 Å². The van der Waals surface area contributed by atoms with Gasteiger partial charge < -0.3 is 20.3 Å². The average molecular weight is 929 g/mol. The second-order valence-electron chi connectivity index (χ2n) is 20.0. The third kappa shape index (κ3) is 51.5. The fourth-order valence-electron chi connectivity index (χ4n) is 8.90. The van der Waals surface area contributed by atoms with Gasteiger partial charge in [-0.05, 0) is 64.2 Å². The van der Waals surface area contributed by atoms with Crippen molar-refractivity contribution in [2.45, 2.75) is 321 Å². The predicted octanol–water partition coefficient (Wildman–Crippen LogP) is 18.0. The number of carbonyl (C=O) groups is 2. The molecule has 0 spiro atoms. The first kappa shape index (κ1) is 64.1. The molecule has 0 bridgehead atoms. The minimum absolute atomic E-state index is 0.0140. The standard InChI is InChI=1S/C60H113NO5/c1-3-5-7-9-11-13-15-17-19-21-23-25-28-32-36-40-44-48-52-58(63)57(56-62)61-59(64)53-49-45-41-37-33-29-27-31-35-39-43-47-51-55-66-60(65)54-50-46-42-38-34-30-26-24-22-20-18-16-14-12-10-8-6-4-2/h14,16,20,22,48,52,57-58,62-63H,3-13,15,17-19,21,23-47,49-51,53-56H2,1-2H3,(H,61,64)/b16-14-,22-20-,52-48+. The van der Waals surface area contributed by atoms with E-state index >= 15 is 0 Å². The number of allylic oxidation sites excluding steroid dienone is 5. The van der Waals surface area contributed by atoms with Crippen LogP contribution >= 0.6 is 0 Å². The largest absolute Gasteiger partial charge is 0.466 e.